The normalized spacial score (nSPS) is 19.7. The van der Waals surface area contributed by atoms with Gasteiger partial charge >= 0.3 is 0 Å². The lowest BCUT2D eigenvalue weighted by Crippen LogP contribution is -2.44. The number of sulfone groups is 1. The van der Waals surface area contributed by atoms with Crippen LogP contribution in [0.3, 0.4) is 0 Å². The smallest absolute Gasteiger partial charge is 0.236 e. The molecular formula is C17H23N5O3S2. The molecule has 0 aromatic carbocycles. The van der Waals surface area contributed by atoms with E-state index in [9.17, 15) is 13.2 Å². The van der Waals surface area contributed by atoms with E-state index in [0.717, 1.165) is 5.56 Å². The van der Waals surface area contributed by atoms with E-state index >= 15 is 0 Å². The van der Waals surface area contributed by atoms with Crippen molar-refractivity contribution in [1.29, 1.82) is 0 Å². The number of rotatable bonds is 6. The zero-order valence-corrected chi connectivity index (χ0v) is 17.2. The number of amides is 1. The van der Waals surface area contributed by atoms with Crippen molar-refractivity contribution < 1.29 is 13.2 Å². The minimum absolute atomic E-state index is 0.0557. The highest BCUT2D eigenvalue weighted by Gasteiger charge is 2.35. The summed E-state index contributed by atoms with van der Waals surface area (Å²) in [4.78, 5) is 18.6. The van der Waals surface area contributed by atoms with Crippen LogP contribution in [0.5, 0.6) is 0 Å². The molecule has 0 radical (unpaired) electrons. The molecule has 1 amide bonds. The molecule has 1 fully saturated rings. The molecule has 3 rings (SSSR count). The monoisotopic (exact) mass is 409 g/mol. The maximum atomic E-state index is 12.9. The van der Waals surface area contributed by atoms with E-state index in [2.05, 4.69) is 15.2 Å². The molecule has 2 aromatic heterocycles. The average Bonchev–Trinajstić information content (AvgIpc) is 3.19. The number of hydrogen-bond acceptors (Lipinski definition) is 7. The summed E-state index contributed by atoms with van der Waals surface area (Å²) in [6, 6.07) is 3.47. The number of thioether (sulfide) groups is 1. The van der Waals surface area contributed by atoms with Gasteiger partial charge in [0.15, 0.2) is 20.8 Å². The number of carbonyl (C=O) groups excluding carboxylic acids is 1. The first-order valence-corrected chi connectivity index (χ1v) is 11.5. The van der Waals surface area contributed by atoms with Crippen LogP contribution in [0.25, 0.3) is 11.4 Å². The van der Waals surface area contributed by atoms with Gasteiger partial charge in [-0.1, -0.05) is 11.8 Å². The summed E-state index contributed by atoms with van der Waals surface area (Å²) in [5.41, 5.74) is 0.900. The second kappa shape index (κ2) is 7.97. The minimum atomic E-state index is -3.03. The van der Waals surface area contributed by atoms with Crippen molar-refractivity contribution in [3.05, 3.63) is 24.5 Å². The Morgan fingerprint density at radius 3 is 2.67 bits per heavy atom. The number of hydrogen-bond donors (Lipinski definition) is 0. The topological polar surface area (TPSA) is 98.1 Å². The van der Waals surface area contributed by atoms with Gasteiger partial charge < -0.3 is 9.47 Å². The summed E-state index contributed by atoms with van der Waals surface area (Å²) < 4.78 is 25.4. The first-order valence-electron chi connectivity index (χ1n) is 8.79. The Morgan fingerprint density at radius 1 is 1.37 bits per heavy atom. The standard InChI is InChI=1S/C17H23N5O3S2/c1-4-22(14-7-10-27(24,25)11-14)16(23)12(2)26-17-20-19-15(21(17)3)13-5-8-18-9-6-13/h5-6,8-9,12,14H,4,7,10-11H2,1-3H3/t12-,14+/m1/s1. The molecule has 27 heavy (non-hydrogen) atoms. The maximum Gasteiger partial charge on any atom is 0.236 e. The fraction of sp³-hybridized carbons (Fsp3) is 0.529. The van der Waals surface area contributed by atoms with Gasteiger partial charge in [0.2, 0.25) is 5.91 Å². The van der Waals surface area contributed by atoms with Crippen LogP contribution in [0.1, 0.15) is 20.3 Å². The van der Waals surface area contributed by atoms with Gasteiger partial charge in [0.05, 0.1) is 16.8 Å². The zero-order valence-electron chi connectivity index (χ0n) is 15.6. The molecule has 0 aliphatic carbocycles. The van der Waals surface area contributed by atoms with Crippen molar-refractivity contribution in [2.24, 2.45) is 7.05 Å². The minimum Gasteiger partial charge on any atom is -0.338 e. The van der Waals surface area contributed by atoms with Crippen molar-refractivity contribution in [3.8, 4) is 11.4 Å². The molecular weight excluding hydrogens is 386 g/mol. The van der Waals surface area contributed by atoms with Crippen molar-refractivity contribution >= 4 is 27.5 Å². The Bertz CT molecular complexity index is 914. The lowest BCUT2D eigenvalue weighted by Gasteiger charge is -2.29. The van der Waals surface area contributed by atoms with Gasteiger partial charge in [0.1, 0.15) is 0 Å². The van der Waals surface area contributed by atoms with Crippen LogP contribution in [0.2, 0.25) is 0 Å². The van der Waals surface area contributed by atoms with Gasteiger partial charge in [-0.2, -0.15) is 0 Å². The van der Waals surface area contributed by atoms with Crippen LogP contribution in [-0.2, 0) is 21.7 Å². The van der Waals surface area contributed by atoms with Crippen LogP contribution in [0.15, 0.2) is 29.7 Å². The molecule has 0 unspecified atom stereocenters. The second-order valence-electron chi connectivity index (χ2n) is 6.54. The molecule has 0 spiro atoms. The third-order valence-corrected chi connectivity index (χ3v) is 7.55. The molecule has 2 aromatic rings. The van der Waals surface area contributed by atoms with E-state index in [1.165, 1.54) is 11.8 Å². The zero-order chi connectivity index (χ0) is 19.6. The quantitative estimate of drug-likeness (QED) is 0.665. The summed E-state index contributed by atoms with van der Waals surface area (Å²) in [5, 5.41) is 8.68. The highest BCUT2D eigenvalue weighted by Crippen LogP contribution is 2.28. The fourth-order valence-electron chi connectivity index (χ4n) is 3.23. The first-order chi connectivity index (χ1) is 12.8. The van der Waals surface area contributed by atoms with E-state index in [1.54, 1.807) is 17.3 Å². The largest absolute Gasteiger partial charge is 0.338 e. The average molecular weight is 410 g/mol. The lowest BCUT2D eigenvalue weighted by molar-refractivity contribution is -0.131. The summed E-state index contributed by atoms with van der Waals surface area (Å²) in [7, 11) is -1.18. The highest BCUT2D eigenvalue weighted by atomic mass is 32.2. The third kappa shape index (κ3) is 4.32. The van der Waals surface area contributed by atoms with E-state index in [0.29, 0.717) is 23.9 Å². The molecule has 1 aliphatic heterocycles. The van der Waals surface area contributed by atoms with Gasteiger partial charge in [-0.05, 0) is 32.4 Å². The third-order valence-electron chi connectivity index (χ3n) is 4.68. The predicted octanol–water partition coefficient (Wildman–Crippen LogP) is 1.39. The van der Waals surface area contributed by atoms with Crippen molar-refractivity contribution in [2.45, 2.75) is 36.7 Å². The van der Waals surface area contributed by atoms with E-state index in [4.69, 9.17) is 0 Å². The highest BCUT2D eigenvalue weighted by molar-refractivity contribution is 8.00. The van der Waals surface area contributed by atoms with Crippen LogP contribution in [-0.4, -0.2) is 68.3 Å². The van der Waals surface area contributed by atoms with Crippen molar-refractivity contribution in [2.75, 3.05) is 18.1 Å². The predicted molar refractivity (Wildman–Crippen MR) is 104 cm³/mol. The summed E-state index contributed by atoms with van der Waals surface area (Å²) in [6.45, 7) is 4.19. The van der Waals surface area contributed by atoms with Gasteiger partial charge in [0, 0.05) is 37.6 Å². The summed E-state index contributed by atoms with van der Waals surface area (Å²) >= 11 is 1.33. The van der Waals surface area contributed by atoms with E-state index in [1.807, 2.05) is 37.6 Å². The van der Waals surface area contributed by atoms with Crippen LogP contribution < -0.4 is 0 Å². The van der Waals surface area contributed by atoms with E-state index < -0.39 is 9.84 Å². The number of pyridine rings is 1. The fourth-order valence-corrected chi connectivity index (χ4v) is 5.84. The van der Waals surface area contributed by atoms with E-state index in [-0.39, 0.29) is 28.7 Å². The van der Waals surface area contributed by atoms with Gasteiger partial charge in [-0.25, -0.2) is 8.42 Å². The van der Waals surface area contributed by atoms with Crippen LogP contribution in [0.4, 0.5) is 0 Å². The number of nitrogens with zero attached hydrogens (tertiary/aromatic N) is 5. The second-order valence-corrected chi connectivity index (χ2v) is 10.1. The lowest BCUT2D eigenvalue weighted by atomic mass is 10.2. The number of carbonyl (C=O) groups is 1. The molecule has 1 saturated heterocycles. The van der Waals surface area contributed by atoms with Gasteiger partial charge in [0.25, 0.3) is 0 Å². The molecule has 8 nitrogen and oxygen atoms in total. The summed E-state index contributed by atoms with van der Waals surface area (Å²) in [5.74, 6) is 0.841. The molecule has 0 N–H and O–H groups in total. The van der Waals surface area contributed by atoms with Crippen LogP contribution >= 0.6 is 11.8 Å². The Labute approximate surface area is 163 Å². The molecule has 2 atom stereocenters. The van der Waals surface area contributed by atoms with Gasteiger partial charge in [-0.15, -0.1) is 10.2 Å². The first kappa shape index (κ1) is 19.8. The van der Waals surface area contributed by atoms with Gasteiger partial charge in [-0.3, -0.25) is 9.78 Å². The molecule has 1 aliphatic rings. The maximum absolute atomic E-state index is 12.9. The molecule has 10 heteroatoms. The Morgan fingerprint density at radius 2 is 2.07 bits per heavy atom. The Hall–Kier alpha value is -1.94. The molecule has 146 valence electrons. The molecule has 3 heterocycles. The number of aromatic nitrogens is 4. The van der Waals surface area contributed by atoms with Crippen LogP contribution in [0, 0.1) is 0 Å². The van der Waals surface area contributed by atoms with Crippen molar-refractivity contribution in [3.63, 3.8) is 0 Å². The van der Waals surface area contributed by atoms with Crippen molar-refractivity contribution in [1.82, 2.24) is 24.6 Å². The molecule has 0 bridgehead atoms. The SMILES string of the molecule is CCN(C(=O)[C@@H](C)Sc1nnc(-c2ccncc2)n1C)[C@H]1CCS(=O)(=O)C1. The summed E-state index contributed by atoms with van der Waals surface area (Å²) in [6.07, 6.45) is 3.89. The Kier molecular flexibility index (Phi) is 5.85. The molecule has 0 saturated carbocycles. The Balaban J connectivity index is 1.72.